The summed E-state index contributed by atoms with van der Waals surface area (Å²) in [6.45, 7) is 6.97. The second-order valence-electron chi connectivity index (χ2n) is 10.6. The van der Waals surface area contributed by atoms with E-state index in [4.69, 9.17) is 11.6 Å². The monoisotopic (exact) mass is 556 g/mol. The van der Waals surface area contributed by atoms with E-state index < -0.39 is 17.6 Å². The number of likely N-dealkylation sites (tertiary alicyclic amines) is 1. The Morgan fingerprint density at radius 1 is 1.11 bits per heavy atom. The molecule has 0 saturated carbocycles. The zero-order valence-electron chi connectivity index (χ0n) is 21.6. The molecule has 0 bridgehead atoms. The fourth-order valence-corrected chi connectivity index (χ4v) is 5.80. The summed E-state index contributed by atoms with van der Waals surface area (Å²) in [5, 5.41) is 13.9. The van der Waals surface area contributed by atoms with Crippen LogP contribution in [-0.4, -0.2) is 83.6 Å². The molecule has 3 unspecified atom stereocenters. The number of alkyl halides is 3. The van der Waals surface area contributed by atoms with Crippen LogP contribution in [0.2, 0.25) is 5.02 Å². The van der Waals surface area contributed by atoms with Crippen LogP contribution in [0.4, 0.5) is 17.6 Å². The van der Waals surface area contributed by atoms with E-state index in [0.29, 0.717) is 18.7 Å². The van der Waals surface area contributed by atoms with Gasteiger partial charge in [-0.3, -0.25) is 14.6 Å². The zero-order chi connectivity index (χ0) is 27.8. The van der Waals surface area contributed by atoms with E-state index in [1.54, 1.807) is 30.1 Å². The molecule has 0 spiro atoms. The maximum Gasteiger partial charge on any atom is 0.419 e. The van der Waals surface area contributed by atoms with E-state index >= 15 is 0 Å². The SMILES string of the molecule is CC1CN(CC(=O)N2CC(N(C)Cc3ccc(C(F)(F)F)c(F)c3)[C@@H](c3ccc(Cl)c(O)c3)C2)CC(C)N1. The van der Waals surface area contributed by atoms with Crippen molar-refractivity contribution in [3.63, 3.8) is 0 Å². The third kappa shape index (κ3) is 6.59. The second kappa shape index (κ2) is 11.4. The second-order valence-corrected chi connectivity index (χ2v) is 11.0. The molecule has 2 N–H and O–H groups in total. The Balaban J connectivity index is 1.53. The molecular formula is C27H33ClF4N4O2. The molecule has 2 saturated heterocycles. The minimum absolute atomic E-state index is 0.00837. The number of benzene rings is 2. The van der Waals surface area contributed by atoms with Crippen molar-refractivity contribution >= 4 is 17.5 Å². The summed E-state index contributed by atoms with van der Waals surface area (Å²) in [6, 6.07) is 8.26. The first kappa shape index (κ1) is 28.6. The van der Waals surface area contributed by atoms with Gasteiger partial charge in [0.1, 0.15) is 11.6 Å². The number of carbonyl (C=O) groups is 1. The van der Waals surface area contributed by atoms with Crippen LogP contribution in [0.15, 0.2) is 36.4 Å². The summed E-state index contributed by atoms with van der Waals surface area (Å²) < 4.78 is 53.2. The molecule has 4 rings (SSSR count). The maximum absolute atomic E-state index is 14.2. The smallest absolute Gasteiger partial charge is 0.419 e. The first-order valence-corrected chi connectivity index (χ1v) is 13.0. The molecule has 1 amide bonds. The zero-order valence-corrected chi connectivity index (χ0v) is 22.4. The Hall–Kier alpha value is -2.40. The van der Waals surface area contributed by atoms with Crippen molar-refractivity contribution in [1.29, 1.82) is 0 Å². The topological polar surface area (TPSA) is 59.1 Å². The normalized spacial score (nSPS) is 24.8. The van der Waals surface area contributed by atoms with Gasteiger partial charge in [0.15, 0.2) is 0 Å². The van der Waals surface area contributed by atoms with E-state index in [9.17, 15) is 27.5 Å². The quantitative estimate of drug-likeness (QED) is 0.519. The first-order chi connectivity index (χ1) is 17.8. The van der Waals surface area contributed by atoms with Crippen LogP contribution < -0.4 is 5.32 Å². The van der Waals surface area contributed by atoms with E-state index in [2.05, 4.69) is 24.1 Å². The highest BCUT2D eigenvalue weighted by atomic mass is 35.5. The van der Waals surface area contributed by atoms with Gasteiger partial charge in [-0.2, -0.15) is 13.2 Å². The summed E-state index contributed by atoms with van der Waals surface area (Å²) in [5.74, 6) is -1.58. The number of carbonyl (C=O) groups excluding carboxylic acids is 1. The molecule has 2 heterocycles. The number of aromatic hydroxyl groups is 1. The highest BCUT2D eigenvalue weighted by Crippen LogP contribution is 2.36. The molecule has 2 aromatic rings. The number of phenolic OH excluding ortho intramolecular Hbond substituents is 1. The van der Waals surface area contributed by atoms with Crippen LogP contribution >= 0.6 is 11.6 Å². The summed E-state index contributed by atoms with van der Waals surface area (Å²) >= 11 is 6.01. The molecule has 208 valence electrons. The van der Waals surface area contributed by atoms with Crippen LogP contribution in [-0.2, 0) is 17.5 Å². The van der Waals surface area contributed by atoms with Gasteiger partial charge < -0.3 is 15.3 Å². The van der Waals surface area contributed by atoms with E-state index in [1.807, 2.05) is 4.90 Å². The fraction of sp³-hybridized carbons (Fsp3) is 0.519. The summed E-state index contributed by atoms with van der Waals surface area (Å²) in [4.78, 5) is 19.2. The van der Waals surface area contributed by atoms with E-state index in [0.717, 1.165) is 30.8 Å². The van der Waals surface area contributed by atoms with Gasteiger partial charge in [-0.25, -0.2) is 4.39 Å². The molecule has 4 atom stereocenters. The third-order valence-electron chi connectivity index (χ3n) is 7.37. The predicted octanol–water partition coefficient (Wildman–Crippen LogP) is 4.31. The van der Waals surface area contributed by atoms with Crippen molar-refractivity contribution in [2.75, 3.05) is 39.8 Å². The van der Waals surface area contributed by atoms with Crippen molar-refractivity contribution in [2.24, 2.45) is 0 Å². The minimum atomic E-state index is -4.76. The number of rotatable bonds is 6. The van der Waals surface area contributed by atoms with Gasteiger partial charge >= 0.3 is 6.18 Å². The van der Waals surface area contributed by atoms with Crippen LogP contribution in [0.1, 0.15) is 36.5 Å². The summed E-state index contributed by atoms with van der Waals surface area (Å²) in [6.07, 6.45) is -4.76. The third-order valence-corrected chi connectivity index (χ3v) is 7.69. The van der Waals surface area contributed by atoms with E-state index in [1.165, 1.54) is 6.07 Å². The van der Waals surface area contributed by atoms with Gasteiger partial charge in [0.25, 0.3) is 0 Å². The predicted molar refractivity (Wildman–Crippen MR) is 138 cm³/mol. The Morgan fingerprint density at radius 2 is 1.79 bits per heavy atom. The molecule has 6 nitrogen and oxygen atoms in total. The lowest BCUT2D eigenvalue weighted by molar-refractivity contribution is -0.140. The number of piperazine rings is 1. The lowest BCUT2D eigenvalue weighted by Crippen LogP contribution is -2.56. The number of likely N-dealkylation sites (N-methyl/N-ethyl adjacent to an activating group) is 1. The number of hydrogen-bond acceptors (Lipinski definition) is 5. The molecule has 2 aliphatic rings. The van der Waals surface area contributed by atoms with E-state index in [-0.39, 0.29) is 53.8 Å². The average molecular weight is 557 g/mol. The molecule has 2 aromatic carbocycles. The molecule has 0 aliphatic carbocycles. The lowest BCUT2D eigenvalue weighted by Gasteiger charge is -2.36. The number of amides is 1. The first-order valence-electron chi connectivity index (χ1n) is 12.6. The van der Waals surface area contributed by atoms with Gasteiger partial charge in [0, 0.05) is 56.8 Å². The Labute approximate surface area is 225 Å². The fourth-order valence-electron chi connectivity index (χ4n) is 5.68. The van der Waals surface area contributed by atoms with Gasteiger partial charge in [-0.1, -0.05) is 23.7 Å². The molecule has 11 heteroatoms. The molecular weight excluding hydrogens is 524 g/mol. The highest BCUT2D eigenvalue weighted by Gasteiger charge is 2.39. The minimum Gasteiger partial charge on any atom is -0.506 e. The average Bonchev–Trinajstić information content (AvgIpc) is 3.25. The van der Waals surface area contributed by atoms with Crippen LogP contribution in [0.3, 0.4) is 0 Å². The molecule has 2 fully saturated rings. The number of halogens is 5. The van der Waals surface area contributed by atoms with Crippen molar-refractivity contribution < 1.29 is 27.5 Å². The Bertz CT molecular complexity index is 1150. The summed E-state index contributed by atoms with van der Waals surface area (Å²) in [7, 11) is 1.80. The van der Waals surface area contributed by atoms with Crippen LogP contribution in [0, 0.1) is 5.82 Å². The number of nitrogens with one attached hydrogen (secondary N) is 1. The lowest BCUT2D eigenvalue weighted by atomic mass is 9.93. The Kier molecular flexibility index (Phi) is 8.56. The number of nitrogens with zero attached hydrogens (tertiary/aromatic N) is 3. The van der Waals surface area contributed by atoms with Gasteiger partial charge in [0.05, 0.1) is 17.1 Å². The summed E-state index contributed by atoms with van der Waals surface area (Å²) in [5.41, 5.74) is -0.112. The standard InChI is InChI=1S/C27H33ClF4N4O2/c1-16-10-35(11-17(2)33-16)15-26(38)36-13-20(19-5-7-22(28)25(37)9-19)24(14-36)34(3)12-18-4-6-21(23(29)8-18)27(30,31)32/h4-9,16-17,20,24,33,37H,10-15H2,1-3H3/t16?,17?,20-,24?/m1/s1. The number of hydrogen-bond donors (Lipinski definition) is 2. The van der Waals surface area contributed by atoms with Crippen molar-refractivity contribution in [1.82, 2.24) is 20.0 Å². The van der Waals surface area contributed by atoms with Gasteiger partial charge in [-0.15, -0.1) is 0 Å². The molecule has 38 heavy (non-hydrogen) atoms. The Morgan fingerprint density at radius 3 is 2.39 bits per heavy atom. The van der Waals surface area contributed by atoms with Crippen LogP contribution in [0.25, 0.3) is 0 Å². The van der Waals surface area contributed by atoms with Crippen molar-refractivity contribution in [3.05, 3.63) is 63.9 Å². The van der Waals surface area contributed by atoms with Gasteiger partial charge in [0.2, 0.25) is 5.91 Å². The molecule has 0 aromatic heterocycles. The van der Waals surface area contributed by atoms with Crippen molar-refractivity contribution in [3.8, 4) is 5.75 Å². The van der Waals surface area contributed by atoms with Crippen LogP contribution in [0.5, 0.6) is 5.75 Å². The van der Waals surface area contributed by atoms with Crippen molar-refractivity contribution in [2.45, 2.75) is 50.6 Å². The van der Waals surface area contributed by atoms with Gasteiger partial charge in [-0.05, 0) is 56.3 Å². The maximum atomic E-state index is 14.2. The highest BCUT2D eigenvalue weighted by molar-refractivity contribution is 6.32. The molecule has 2 aliphatic heterocycles. The largest absolute Gasteiger partial charge is 0.506 e. The molecule has 0 radical (unpaired) electrons. The number of phenols is 1.